The van der Waals surface area contributed by atoms with Crippen LogP contribution in [0.1, 0.15) is 38.2 Å². The van der Waals surface area contributed by atoms with Crippen LogP contribution in [0.25, 0.3) is 11.1 Å². The third-order valence-corrected chi connectivity index (χ3v) is 6.26. The number of aliphatic carboxylic acids is 1. The molecule has 0 aliphatic heterocycles. The molecule has 0 aliphatic rings. The molecule has 0 heterocycles. The number of hydrogen-bond donors (Lipinski definition) is 2. The quantitative estimate of drug-likeness (QED) is 0.370. The van der Waals surface area contributed by atoms with Crippen LogP contribution in [0.15, 0.2) is 70.5 Å². The predicted octanol–water partition coefficient (Wildman–Crippen LogP) is 1.54. The van der Waals surface area contributed by atoms with Gasteiger partial charge in [-0.3, -0.25) is 0 Å². The number of carboxylic acids is 1. The maximum Gasteiger partial charge on any atom is 1.00 e. The summed E-state index contributed by atoms with van der Waals surface area (Å²) in [4.78, 5) is 12.4. The SMILES string of the molecule is CC(C)c1cc(Sc2ccc(F)cc2)cc(-c2ccc(F)cc2)c1OC[C@@H](O)C[C@@H](O)CC(=O)[O-].[Na+]. The number of benzene rings is 3. The van der Waals surface area contributed by atoms with Crippen molar-refractivity contribution >= 4 is 17.7 Å². The minimum absolute atomic E-state index is 0. The molecule has 0 radical (unpaired) electrons. The van der Waals surface area contributed by atoms with Crippen LogP contribution in [0.5, 0.6) is 5.75 Å². The first-order valence-corrected chi connectivity index (χ1v) is 12.0. The summed E-state index contributed by atoms with van der Waals surface area (Å²) in [6.07, 6.45) is -3.13. The first-order chi connectivity index (χ1) is 16.6. The second-order valence-electron chi connectivity index (χ2n) is 8.54. The van der Waals surface area contributed by atoms with E-state index in [-0.39, 0.29) is 60.1 Å². The topological polar surface area (TPSA) is 89.8 Å². The van der Waals surface area contributed by atoms with Gasteiger partial charge >= 0.3 is 29.6 Å². The van der Waals surface area contributed by atoms with Crippen molar-refractivity contribution in [2.24, 2.45) is 0 Å². The predicted molar refractivity (Wildman–Crippen MR) is 128 cm³/mol. The normalized spacial score (nSPS) is 12.6. The zero-order chi connectivity index (χ0) is 25.5. The third kappa shape index (κ3) is 8.87. The van der Waals surface area contributed by atoms with Gasteiger partial charge in [0.1, 0.15) is 24.0 Å². The fourth-order valence-corrected chi connectivity index (χ4v) is 4.50. The molecule has 0 amide bonds. The number of carboxylic acid groups (broad SMARTS) is 1. The Balaban J connectivity index is 0.00000456. The number of rotatable bonds is 11. The van der Waals surface area contributed by atoms with Crippen LogP contribution in [-0.2, 0) is 4.79 Å². The Labute approximate surface area is 235 Å². The van der Waals surface area contributed by atoms with E-state index < -0.39 is 24.6 Å². The van der Waals surface area contributed by atoms with Crippen LogP contribution in [0.4, 0.5) is 8.78 Å². The van der Waals surface area contributed by atoms with Gasteiger partial charge in [-0.15, -0.1) is 0 Å². The number of carbonyl (C=O) groups is 1. The molecule has 2 atom stereocenters. The van der Waals surface area contributed by atoms with Crippen molar-refractivity contribution in [3.05, 3.63) is 77.9 Å². The number of aliphatic hydroxyl groups excluding tert-OH is 2. The van der Waals surface area contributed by atoms with E-state index in [0.29, 0.717) is 16.9 Å². The van der Waals surface area contributed by atoms with Crippen molar-refractivity contribution in [3.8, 4) is 16.9 Å². The number of hydrogen-bond acceptors (Lipinski definition) is 6. The molecule has 186 valence electrons. The Hall–Kier alpha value is -1.94. The van der Waals surface area contributed by atoms with Crippen LogP contribution in [0.2, 0.25) is 0 Å². The number of aliphatic hydroxyl groups is 2. The van der Waals surface area contributed by atoms with Gasteiger partial charge in [-0.05, 0) is 65.6 Å². The number of carbonyl (C=O) groups excluding carboxylic acids is 1. The molecule has 3 aromatic carbocycles. The summed E-state index contributed by atoms with van der Waals surface area (Å²) in [5.41, 5.74) is 2.23. The molecular formula is C27H27F2NaO5S. The van der Waals surface area contributed by atoms with Crippen LogP contribution in [-0.4, -0.2) is 35.0 Å². The van der Waals surface area contributed by atoms with Gasteiger partial charge in [0, 0.05) is 34.2 Å². The van der Waals surface area contributed by atoms with E-state index in [1.807, 2.05) is 26.0 Å². The number of ether oxygens (including phenoxy) is 1. The molecule has 0 bridgehead atoms. The first-order valence-electron chi connectivity index (χ1n) is 11.2. The van der Waals surface area contributed by atoms with Gasteiger partial charge < -0.3 is 24.9 Å². The van der Waals surface area contributed by atoms with E-state index >= 15 is 0 Å². The van der Waals surface area contributed by atoms with Gasteiger partial charge in [0.25, 0.3) is 0 Å². The first kappa shape index (κ1) is 30.3. The van der Waals surface area contributed by atoms with Crippen LogP contribution in [0.3, 0.4) is 0 Å². The molecule has 5 nitrogen and oxygen atoms in total. The molecule has 2 N–H and O–H groups in total. The van der Waals surface area contributed by atoms with E-state index in [0.717, 1.165) is 15.4 Å². The summed E-state index contributed by atoms with van der Waals surface area (Å²) in [6, 6.07) is 16.0. The molecule has 0 aliphatic carbocycles. The summed E-state index contributed by atoms with van der Waals surface area (Å²) in [7, 11) is 0. The summed E-state index contributed by atoms with van der Waals surface area (Å²) >= 11 is 1.45. The largest absolute Gasteiger partial charge is 1.00 e. The van der Waals surface area contributed by atoms with Gasteiger partial charge in [0.05, 0.1) is 12.2 Å². The van der Waals surface area contributed by atoms with E-state index in [2.05, 4.69) is 0 Å². The summed E-state index contributed by atoms with van der Waals surface area (Å²) in [5.74, 6) is -1.58. The van der Waals surface area contributed by atoms with E-state index in [1.54, 1.807) is 24.3 Å². The van der Waals surface area contributed by atoms with E-state index in [1.165, 1.54) is 36.0 Å². The van der Waals surface area contributed by atoms with Crippen molar-refractivity contribution in [1.29, 1.82) is 0 Å². The Morgan fingerprint density at radius 3 is 2.08 bits per heavy atom. The molecule has 0 unspecified atom stereocenters. The molecule has 3 aromatic rings. The summed E-state index contributed by atoms with van der Waals surface area (Å²) in [6.45, 7) is 3.80. The van der Waals surface area contributed by atoms with Crippen LogP contribution in [0, 0.1) is 11.6 Å². The minimum atomic E-state index is -1.40. The smallest absolute Gasteiger partial charge is 0.550 e. The monoisotopic (exact) mass is 524 g/mol. The summed E-state index contributed by atoms with van der Waals surface area (Å²) in [5, 5.41) is 30.8. The molecule has 0 saturated heterocycles. The van der Waals surface area contributed by atoms with Gasteiger partial charge in [-0.2, -0.15) is 0 Å². The summed E-state index contributed by atoms with van der Waals surface area (Å²) < 4.78 is 33.0. The second kappa shape index (κ2) is 14.1. The molecule has 0 aromatic heterocycles. The Kier molecular flexibility index (Phi) is 11.9. The standard InChI is InChI=1S/C27H28F2O5S.Na/c1-16(2)24-13-23(35-22-9-7-19(29)8-10-22)14-25(17-3-5-18(28)6-4-17)27(24)34-15-21(31)11-20(30)12-26(32)33;/h3-10,13-14,16,20-21,30-31H,11-12,15H2,1-2H3,(H,32,33);/q;+1/p-1/t20-,21+;/m1./s1. The molecule has 36 heavy (non-hydrogen) atoms. The van der Waals surface area contributed by atoms with Crippen molar-refractivity contribution in [1.82, 2.24) is 0 Å². The fourth-order valence-electron chi connectivity index (χ4n) is 3.59. The zero-order valence-electron chi connectivity index (χ0n) is 20.4. The maximum absolute atomic E-state index is 13.6. The fraction of sp³-hybridized carbons (Fsp3) is 0.296. The average Bonchev–Trinajstić information content (AvgIpc) is 2.79. The van der Waals surface area contributed by atoms with Crippen molar-refractivity contribution in [2.45, 2.75) is 54.6 Å². The Bertz CT molecular complexity index is 1140. The molecule has 9 heteroatoms. The minimum Gasteiger partial charge on any atom is -0.550 e. The maximum atomic E-state index is 13.6. The Morgan fingerprint density at radius 1 is 0.944 bits per heavy atom. The average molecular weight is 525 g/mol. The van der Waals surface area contributed by atoms with Gasteiger partial charge in [-0.1, -0.05) is 37.7 Å². The van der Waals surface area contributed by atoms with Crippen LogP contribution < -0.4 is 39.4 Å². The van der Waals surface area contributed by atoms with Crippen molar-refractivity contribution in [3.63, 3.8) is 0 Å². The molecule has 0 saturated carbocycles. The van der Waals surface area contributed by atoms with Gasteiger partial charge in [0.15, 0.2) is 0 Å². The van der Waals surface area contributed by atoms with Crippen LogP contribution >= 0.6 is 11.8 Å². The molecule has 0 fully saturated rings. The third-order valence-electron chi connectivity index (χ3n) is 5.28. The number of halogens is 2. The van der Waals surface area contributed by atoms with E-state index in [4.69, 9.17) is 4.74 Å². The van der Waals surface area contributed by atoms with Crippen molar-refractivity contribution in [2.75, 3.05) is 6.61 Å². The zero-order valence-corrected chi connectivity index (χ0v) is 23.2. The Morgan fingerprint density at radius 2 is 1.53 bits per heavy atom. The van der Waals surface area contributed by atoms with Gasteiger partial charge in [-0.25, -0.2) is 8.78 Å². The van der Waals surface area contributed by atoms with Crippen molar-refractivity contribution < 1.29 is 63.2 Å². The van der Waals surface area contributed by atoms with Gasteiger partial charge in [0.2, 0.25) is 0 Å². The van der Waals surface area contributed by atoms with E-state index in [9.17, 15) is 28.9 Å². The molecule has 3 rings (SSSR count). The second-order valence-corrected chi connectivity index (χ2v) is 9.68. The molecular weight excluding hydrogens is 497 g/mol. The molecule has 0 spiro atoms.